The molecule has 2 aromatic carbocycles. The van der Waals surface area contributed by atoms with E-state index < -0.39 is 5.41 Å². The number of carbonyl (C=O) groups excluding carboxylic acids is 2. The first-order valence-electron chi connectivity index (χ1n) is 8.41. The predicted molar refractivity (Wildman–Crippen MR) is 99.6 cm³/mol. The smallest absolute Gasteiger partial charge is 0.240 e. The van der Waals surface area contributed by atoms with Gasteiger partial charge >= 0.3 is 0 Å². The van der Waals surface area contributed by atoms with Crippen molar-refractivity contribution in [1.82, 2.24) is 5.32 Å². The number of carbonyl (C=O) groups is 2. The van der Waals surface area contributed by atoms with E-state index in [2.05, 4.69) is 10.6 Å². The average Bonchev–Trinajstić information content (AvgIpc) is 3.40. The van der Waals surface area contributed by atoms with Gasteiger partial charge in [-0.2, -0.15) is 0 Å². The largest absolute Gasteiger partial charge is 0.355 e. The van der Waals surface area contributed by atoms with Crippen LogP contribution in [0.25, 0.3) is 0 Å². The topological polar surface area (TPSA) is 58.2 Å². The summed E-state index contributed by atoms with van der Waals surface area (Å²) in [7, 11) is 0. The van der Waals surface area contributed by atoms with Crippen LogP contribution in [0.4, 0.5) is 5.69 Å². The maximum atomic E-state index is 12.6. The lowest BCUT2D eigenvalue weighted by atomic mass is 10.0. The first kappa shape index (κ1) is 17.5. The van der Waals surface area contributed by atoms with Gasteiger partial charge in [-0.25, -0.2) is 0 Å². The van der Waals surface area contributed by atoms with Crippen molar-refractivity contribution in [2.45, 2.75) is 26.2 Å². The van der Waals surface area contributed by atoms with Crippen molar-refractivity contribution in [3.05, 3.63) is 64.7 Å². The van der Waals surface area contributed by atoms with Gasteiger partial charge in [-0.1, -0.05) is 41.9 Å². The number of rotatable bonds is 6. The molecule has 5 heteroatoms. The van der Waals surface area contributed by atoms with Crippen molar-refractivity contribution >= 4 is 29.1 Å². The fourth-order valence-corrected chi connectivity index (χ4v) is 3.05. The van der Waals surface area contributed by atoms with Crippen LogP contribution < -0.4 is 10.6 Å². The molecule has 1 aliphatic carbocycles. The highest BCUT2D eigenvalue weighted by atomic mass is 35.5. The van der Waals surface area contributed by atoms with E-state index in [1.807, 2.05) is 37.3 Å². The number of amides is 2. The molecule has 0 radical (unpaired) electrons. The molecule has 4 nitrogen and oxygen atoms in total. The standard InChI is InChI=1S/C20H21ClN2O2/c1-14-13-16(21)7-8-17(14)23-19(25)20(10-11-20)18(24)22-12-9-15-5-3-2-4-6-15/h2-8,13H,9-12H2,1H3,(H,22,24)(H,23,25). The normalized spacial score (nSPS) is 14.6. The minimum absolute atomic E-state index is 0.187. The summed E-state index contributed by atoms with van der Waals surface area (Å²) in [5.41, 5.74) is 1.80. The van der Waals surface area contributed by atoms with Crippen molar-refractivity contribution < 1.29 is 9.59 Å². The molecule has 3 rings (SSSR count). The fourth-order valence-electron chi connectivity index (χ4n) is 2.83. The molecule has 2 amide bonds. The highest BCUT2D eigenvalue weighted by molar-refractivity contribution is 6.30. The zero-order valence-corrected chi connectivity index (χ0v) is 14.9. The Hall–Kier alpha value is -2.33. The highest BCUT2D eigenvalue weighted by Gasteiger charge is 2.56. The summed E-state index contributed by atoms with van der Waals surface area (Å²) < 4.78 is 0. The maximum Gasteiger partial charge on any atom is 0.240 e. The first-order valence-corrected chi connectivity index (χ1v) is 8.79. The van der Waals surface area contributed by atoms with Crippen molar-refractivity contribution in [3.8, 4) is 0 Å². The van der Waals surface area contributed by atoms with Gasteiger partial charge in [0.2, 0.25) is 11.8 Å². The third kappa shape index (κ3) is 4.02. The zero-order valence-electron chi connectivity index (χ0n) is 14.1. The molecule has 0 heterocycles. The van der Waals surface area contributed by atoms with E-state index in [1.54, 1.807) is 18.2 Å². The van der Waals surface area contributed by atoms with Crippen LogP contribution >= 0.6 is 11.6 Å². The fraction of sp³-hybridized carbons (Fsp3) is 0.300. The summed E-state index contributed by atoms with van der Waals surface area (Å²) in [6.07, 6.45) is 1.92. The van der Waals surface area contributed by atoms with E-state index in [4.69, 9.17) is 11.6 Å². The summed E-state index contributed by atoms with van der Waals surface area (Å²) in [5.74, 6) is -0.428. The van der Waals surface area contributed by atoms with Crippen LogP contribution in [0.15, 0.2) is 48.5 Å². The number of halogens is 1. The monoisotopic (exact) mass is 356 g/mol. The van der Waals surface area contributed by atoms with Gasteiger partial charge in [-0.05, 0) is 55.5 Å². The minimum Gasteiger partial charge on any atom is -0.355 e. The number of aryl methyl sites for hydroxylation is 1. The Morgan fingerprint density at radius 3 is 2.44 bits per heavy atom. The number of benzene rings is 2. The molecule has 2 aromatic rings. The molecule has 0 bridgehead atoms. The lowest BCUT2D eigenvalue weighted by molar-refractivity contribution is -0.134. The lowest BCUT2D eigenvalue weighted by Crippen LogP contribution is -2.40. The predicted octanol–water partition coefficient (Wildman–Crippen LogP) is 3.73. The van der Waals surface area contributed by atoms with Gasteiger partial charge < -0.3 is 10.6 Å². The van der Waals surface area contributed by atoms with E-state index in [0.29, 0.717) is 30.1 Å². The number of anilines is 1. The van der Waals surface area contributed by atoms with Gasteiger partial charge in [-0.15, -0.1) is 0 Å². The molecule has 0 saturated heterocycles. The molecular weight excluding hydrogens is 336 g/mol. The Morgan fingerprint density at radius 1 is 1.08 bits per heavy atom. The quantitative estimate of drug-likeness (QED) is 0.775. The summed E-state index contributed by atoms with van der Waals surface area (Å²) >= 11 is 5.94. The van der Waals surface area contributed by atoms with E-state index in [0.717, 1.165) is 17.5 Å². The highest BCUT2D eigenvalue weighted by Crippen LogP contribution is 2.47. The van der Waals surface area contributed by atoms with Crippen LogP contribution in [-0.2, 0) is 16.0 Å². The van der Waals surface area contributed by atoms with Gasteiger partial charge in [-0.3, -0.25) is 9.59 Å². The molecule has 0 unspecified atom stereocenters. The minimum atomic E-state index is -0.928. The average molecular weight is 357 g/mol. The van der Waals surface area contributed by atoms with E-state index >= 15 is 0 Å². The van der Waals surface area contributed by atoms with Crippen LogP contribution in [0.2, 0.25) is 5.02 Å². The van der Waals surface area contributed by atoms with Crippen LogP contribution in [0.3, 0.4) is 0 Å². The SMILES string of the molecule is Cc1cc(Cl)ccc1NC(=O)C1(C(=O)NCCc2ccccc2)CC1. The zero-order chi connectivity index (χ0) is 17.9. The third-order valence-corrected chi connectivity index (χ3v) is 4.83. The molecule has 1 fully saturated rings. The van der Waals surface area contributed by atoms with Crippen molar-refractivity contribution in [2.24, 2.45) is 5.41 Å². The van der Waals surface area contributed by atoms with E-state index in [9.17, 15) is 9.59 Å². The van der Waals surface area contributed by atoms with Crippen molar-refractivity contribution in [1.29, 1.82) is 0 Å². The van der Waals surface area contributed by atoms with Crippen LogP contribution in [0.1, 0.15) is 24.0 Å². The van der Waals surface area contributed by atoms with Crippen LogP contribution in [0, 0.1) is 12.3 Å². The number of hydrogen-bond acceptors (Lipinski definition) is 2. The molecular formula is C20H21ClN2O2. The summed E-state index contributed by atoms with van der Waals surface area (Å²) in [6.45, 7) is 2.40. The van der Waals surface area contributed by atoms with Gasteiger partial charge in [0, 0.05) is 17.3 Å². The van der Waals surface area contributed by atoms with Crippen LogP contribution in [0.5, 0.6) is 0 Å². The Morgan fingerprint density at radius 2 is 1.80 bits per heavy atom. The molecule has 0 atom stereocenters. The Labute approximate surface area is 152 Å². The van der Waals surface area contributed by atoms with E-state index in [-0.39, 0.29) is 11.8 Å². The maximum absolute atomic E-state index is 12.6. The Bertz CT molecular complexity index is 786. The molecule has 2 N–H and O–H groups in total. The summed E-state index contributed by atoms with van der Waals surface area (Å²) in [4.78, 5) is 25.1. The van der Waals surface area contributed by atoms with Crippen molar-refractivity contribution in [2.75, 3.05) is 11.9 Å². The van der Waals surface area contributed by atoms with Gasteiger partial charge in [0.05, 0.1) is 0 Å². The molecule has 130 valence electrons. The molecule has 1 aliphatic rings. The van der Waals surface area contributed by atoms with Crippen LogP contribution in [-0.4, -0.2) is 18.4 Å². The van der Waals surface area contributed by atoms with Gasteiger partial charge in [0.15, 0.2) is 0 Å². The second-order valence-corrected chi connectivity index (χ2v) is 6.92. The second-order valence-electron chi connectivity index (χ2n) is 6.49. The van der Waals surface area contributed by atoms with Crippen molar-refractivity contribution in [3.63, 3.8) is 0 Å². The molecule has 0 aliphatic heterocycles. The lowest BCUT2D eigenvalue weighted by Gasteiger charge is -2.16. The first-order chi connectivity index (χ1) is 12.0. The molecule has 25 heavy (non-hydrogen) atoms. The molecule has 1 saturated carbocycles. The van der Waals surface area contributed by atoms with E-state index in [1.165, 1.54) is 0 Å². The van der Waals surface area contributed by atoms with Gasteiger partial charge in [0.25, 0.3) is 0 Å². The number of hydrogen-bond donors (Lipinski definition) is 2. The van der Waals surface area contributed by atoms with Gasteiger partial charge in [0.1, 0.15) is 5.41 Å². The third-order valence-electron chi connectivity index (χ3n) is 4.60. The Kier molecular flexibility index (Phi) is 5.09. The Balaban J connectivity index is 1.57. The summed E-state index contributed by atoms with van der Waals surface area (Å²) in [5, 5.41) is 6.39. The number of nitrogens with one attached hydrogen (secondary N) is 2. The molecule has 0 aromatic heterocycles. The second kappa shape index (κ2) is 7.28. The molecule has 0 spiro atoms. The summed E-state index contributed by atoms with van der Waals surface area (Å²) in [6, 6.07) is 15.2.